The van der Waals surface area contributed by atoms with Crippen molar-refractivity contribution in [2.24, 2.45) is 0 Å². The van der Waals surface area contributed by atoms with Crippen molar-refractivity contribution in [3.8, 4) is 0 Å². The van der Waals surface area contributed by atoms with Gasteiger partial charge < -0.3 is 5.11 Å². The second-order valence-electron chi connectivity index (χ2n) is 3.69. The van der Waals surface area contributed by atoms with Crippen molar-refractivity contribution in [1.29, 1.82) is 0 Å². The minimum atomic E-state index is 0.207. The predicted octanol–water partition coefficient (Wildman–Crippen LogP) is 2.94. The van der Waals surface area contributed by atoms with Crippen LogP contribution in [0, 0.1) is 0 Å². The summed E-state index contributed by atoms with van der Waals surface area (Å²) in [7, 11) is 0. The van der Waals surface area contributed by atoms with Crippen LogP contribution in [0.5, 0.6) is 0 Å². The van der Waals surface area contributed by atoms with Crippen LogP contribution in [0.4, 0.5) is 0 Å². The molecule has 0 aromatic heterocycles. The van der Waals surface area contributed by atoms with Gasteiger partial charge in [0.15, 0.2) is 0 Å². The van der Waals surface area contributed by atoms with Crippen molar-refractivity contribution < 1.29 is 5.11 Å². The Kier molecular flexibility index (Phi) is 2.51. The molecule has 14 heavy (non-hydrogen) atoms. The molecule has 0 radical (unpaired) electrons. The van der Waals surface area contributed by atoms with E-state index < -0.39 is 0 Å². The summed E-state index contributed by atoms with van der Waals surface area (Å²) in [5.41, 5.74) is 1.20. The van der Waals surface area contributed by atoms with Gasteiger partial charge in [0.25, 0.3) is 0 Å². The van der Waals surface area contributed by atoms with Gasteiger partial charge in [0.05, 0.1) is 0 Å². The molecule has 0 bridgehead atoms. The highest BCUT2D eigenvalue weighted by atomic mass is 16.3. The Labute approximate surface area is 84.0 Å². The molecule has 0 unspecified atom stereocenters. The van der Waals surface area contributed by atoms with Crippen molar-refractivity contribution >= 4 is 10.8 Å². The van der Waals surface area contributed by atoms with Crippen molar-refractivity contribution in [3.63, 3.8) is 0 Å². The second kappa shape index (κ2) is 3.81. The second-order valence-corrected chi connectivity index (χ2v) is 3.69. The van der Waals surface area contributed by atoms with Crippen molar-refractivity contribution in [1.82, 2.24) is 0 Å². The molecule has 2 aromatic rings. The average molecular weight is 186 g/mol. The van der Waals surface area contributed by atoms with E-state index in [0.717, 1.165) is 0 Å². The van der Waals surface area contributed by atoms with E-state index in [2.05, 4.69) is 30.3 Å². The zero-order chi connectivity index (χ0) is 9.97. The molecule has 0 saturated carbocycles. The fourth-order valence-electron chi connectivity index (χ4n) is 1.62. The van der Waals surface area contributed by atoms with Gasteiger partial charge in [-0.3, -0.25) is 0 Å². The lowest BCUT2D eigenvalue weighted by Gasteiger charge is -2.08. The molecule has 0 aliphatic rings. The average Bonchev–Trinajstić information content (AvgIpc) is 2.27. The van der Waals surface area contributed by atoms with Crippen LogP contribution in [0.2, 0.25) is 0 Å². The summed E-state index contributed by atoms with van der Waals surface area (Å²) in [6, 6.07) is 14.6. The Morgan fingerprint density at radius 2 is 1.79 bits per heavy atom. The van der Waals surface area contributed by atoms with Crippen LogP contribution >= 0.6 is 0 Å². The Hall–Kier alpha value is -1.34. The molecule has 1 heteroatoms. The summed E-state index contributed by atoms with van der Waals surface area (Å²) < 4.78 is 0. The number of aliphatic hydroxyl groups is 1. The van der Waals surface area contributed by atoms with E-state index in [4.69, 9.17) is 5.11 Å². The van der Waals surface area contributed by atoms with Gasteiger partial charge in [-0.05, 0) is 16.3 Å². The van der Waals surface area contributed by atoms with E-state index in [1.54, 1.807) is 0 Å². The number of benzene rings is 2. The van der Waals surface area contributed by atoms with E-state index in [1.807, 2.05) is 19.1 Å². The van der Waals surface area contributed by atoms with Gasteiger partial charge in [-0.1, -0.05) is 49.4 Å². The highest BCUT2D eigenvalue weighted by molar-refractivity contribution is 5.83. The summed E-state index contributed by atoms with van der Waals surface area (Å²) in [5.74, 6) is 0.222. The van der Waals surface area contributed by atoms with Gasteiger partial charge in [0, 0.05) is 12.5 Å². The maximum Gasteiger partial charge on any atom is 0.0497 e. The first kappa shape index (κ1) is 9.22. The number of aliphatic hydroxyl groups excluding tert-OH is 1. The van der Waals surface area contributed by atoms with Gasteiger partial charge in [0.1, 0.15) is 0 Å². The van der Waals surface area contributed by atoms with Crippen LogP contribution in [0.25, 0.3) is 10.8 Å². The largest absolute Gasteiger partial charge is 0.396 e. The Morgan fingerprint density at radius 1 is 1.07 bits per heavy atom. The van der Waals surface area contributed by atoms with Crippen LogP contribution in [-0.2, 0) is 0 Å². The highest BCUT2D eigenvalue weighted by Gasteiger charge is 2.03. The van der Waals surface area contributed by atoms with E-state index >= 15 is 0 Å². The molecule has 2 aromatic carbocycles. The first-order chi connectivity index (χ1) is 6.81. The van der Waals surface area contributed by atoms with Crippen molar-refractivity contribution in [2.45, 2.75) is 12.8 Å². The van der Waals surface area contributed by atoms with E-state index in [1.165, 1.54) is 16.3 Å². The van der Waals surface area contributed by atoms with Crippen LogP contribution < -0.4 is 0 Å². The summed E-state index contributed by atoms with van der Waals surface area (Å²) in [5, 5.41) is 11.6. The fourth-order valence-corrected chi connectivity index (χ4v) is 1.62. The molecular weight excluding hydrogens is 172 g/mol. The van der Waals surface area contributed by atoms with Crippen LogP contribution in [0.3, 0.4) is 0 Å². The molecule has 1 atom stereocenters. The minimum Gasteiger partial charge on any atom is -0.396 e. The zero-order valence-electron chi connectivity index (χ0n) is 8.27. The third kappa shape index (κ3) is 1.64. The standard InChI is InChI=1S/C13H14O/c1-10(9-14)12-7-6-11-4-2-3-5-13(11)8-12/h2-8,10,14H,9H2,1H3/t10-/m0/s1. The van der Waals surface area contributed by atoms with Crippen LogP contribution in [0.1, 0.15) is 18.4 Å². The van der Waals surface area contributed by atoms with Crippen LogP contribution in [0.15, 0.2) is 42.5 Å². The predicted molar refractivity (Wildman–Crippen MR) is 59.4 cm³/mol. The molecule has 0 spiro atoms. The molecule has 0 aliphatic heterocycles. The fraction of sp³-hybridized carbons (Fsp3) is 0.231. The topological polar surface area (TPSA) is 20.2 Å². The number of hydrogen-bond acceptors (Lipinski definition) is 1. The smallest absolute Gasteiger partial charge is 0.0497 e. The summed E-state index contributed by atoms with van der Waals surface area (Å²) in [4.78, 5) is 0. The third-order valence-electron chi connectivity index (χ3n) is 2.62. The third-order valence-corrected chi connectivity index (χ3v) is 2.62. The maximum absolute atomic E-state index is 9.06. The van der Waals surface area contributed by atoms with E-state index in [9.17, 15) is 0 Å². The maximum atomic E-state index is 9.06. The Bertz CT molecular complexity index is 434. The first-order valence-electron chi connectivity index (χ1n) is 4.91. The minimum absolute atomic E-state index is 0.207. The molecule has 0 fully saturated rings. The monoisotopic (exact) mass is 186 g/mol. The Morgan fingerprint density at radius 3 is 2.50 bits per heavy atom. The van der Waals surface area contributed by atoms with E-state index in [0.29, 0.717) is 0 Å². The highest BCUT2D eigenvalue weighted by Crippen LogP contribution is 2.20. The number of rotatable bonds is 2. The van der Waals surface area contributed by atoms with Gasteiger partial charge in [-0.15, -0.1) is 0 Å². The van der Waals surface area contributed by atoms with Gasteiger partial charge in [-0.2, -0.15) is 0 Å². The first-order valence-corrected chi connectivity index (χ1v) is 4.91. The molecule has 2 rings (SSSR count). The van der Waals surface area contributed by atoms with Crippen molar-refractivity contribution in [3.05, 3.63) is 48.0 Å². The summed E-state index contributed by atoms with van der Waals surface area (Å²) in [6.45, 7) is 2.24. The number of fused-ring (bicyclic) bond motifs is 1. The molecule has 0 aliphatic carbocycles. The molecule has 1 N–H and O–H groups in total. The lowest BCUT2D eigenvalue weighted by molar-refractivity contribution is 0.273. The normalized spacial score (nSPS) is 13.0. The van der Waals surface area contributed by atoms with Crippen molar-refractivity contribution in [2.75, 3.05) is 6.61 Å². The molecule has 0 amide bonds. The molecule has 1 nitrogen and oxygen atoms in total. The Balaban J connectivity index is 2.51. The quantitative estimate of drug-likeness (QED) is 0.764. The molecular formula is C13H14O. The zero-order valence-corrected chi connectivity index (χ0v) is 8.27. The number of hydrogen-bond donors (Lipinski definition) is 1. The molecule has 0 saturated heterocycles. The lowest BCUT2D eigenvalue weighted by atomic mass is 9.99. The SMILES string of the molecule is C[C@@H](CO)c1ccc2ccccc2c1. The van der Waals surface area contributed by atoms with Gasteiger partial charge >= 0.3 is 0 Å². The van der Waals surface area contributed by atoms with Gasteiger partial charge in [0.2, 0.25) is 0 Å². The van der Waals surface area contributed by atoms with E-state index in [-0.39, 0.29) is 12.5 Å². The molecule has 0 heterocycles. The summed E-state index contributed by atoms with van der Waals surface area (Å²) in [6.07, 6.45) is 0. The van der Waals surface area contributed by atoms with Gasteiger partial charge in [-0.25, -0.2) is 0 Å². The lowest BCUT2D eigenvalue weighted by Crippen LogP contribution is -1.98. The van der Waals surface area contributed by atoms with Crippen LogP contribution in [-0.4, -0.2) is 11.7 Å². The molecule has 72 valence electrons. The summed E-state index contributed by atoms with van der Waals surface area (Å²) >= 11 is 0.